The second-order valence-electron chi connectivity index (χ2n) is 7.88. The molecule has 0 saturated carbocycles. The molecule has 0 aliphatic carbocycles. The number of amides is 2. The van der Waals surface area contributed by atoms with E-state index in [4.69, 9.17) is 0 Å². The summed E-state index contributed by atoms with van der Waals surface area (Å²) in [5, 5.41) is 12.5. The lowest BCUT2D eigenvalue weighted by Crippen LogP contribution is -2.47. The van der Waals surface area contributed by atoms with Crippen molar-refractivity contribution in [3.05, 3.63) is 112 Å². The molecule has 1 heterocycles. The van der Waals surface area contributed by atoms with Gasteiger partial charge in [0.05, 0.1) is 18.6 Å². The third-order valence-corrected chi connectivity index (χ3v) is 5.58. The molecular formula is C27H25N3O4. The lowest BCUT2D eigenvalue weighted by Gasteiger charge is -2.23. The molecule has 7 nitrogen and oxygen atoms in total. The number of carbonyl (C=O) groups excluding carboxylic acids is 2. The van der Waals surface area contributed by atoms with Crippen molar-refractivity contribution in [1.82, 2.24) is 15.0 Å². The third kappa shape index (κ3) is 4.68. The van der Waals surface area contributed by atoms with E-state index in [0.717, 1.165) is 11.1 Å². The first-order chi connectivity index (χ1) is 16.5. The Morgan fingerprint density at radius 3 is 2.12 bits per heavy atom. The zero-order valence-corrected chi connectivity index (χ0v) is 18.8. The molecule has 3 aromatic carbocycles. The largest absolute Gasteiger partial charge is 0.506 e. The van der Waals surface area contributed by atoms with Gasteiger partial charge in [0.15, 0.2) is 0 Å². The van der Waals surface area contributed by atoms with Gasteiger partial charge in [0.25, 0.3) is 11.5 Å². The first kappa shape index (κ1) is 22.8. The Morgan fingerprint density at radius 1 is 0.882 bits per heavy atom. The number of fused-ring (bicyclic) bond motifs is 1. The summed E-state index contributed by atoms with van der Waals surface area (Å²) in [6.07, 6.45) is 0.162. The monoisotopic (exact) mass is 455 g/mol. The Hall–Kier alpha value is -4.39. The summed E-state index contributed by atoms with van der Waals surface area (Å²) in [5.74, 6) is -1.57. The van der Waals surface area contributed by atoms with E-state index in [1.807, 2.05) is 60.7 Å². The van der Waals surface area contributed by atoms with Gasteiger partial charge < -0.3 is 9.67 Å². The van der Waals surface area contributed by atoms with E-state index < -0.39 is 22.8 Å². The molecule has 0 bridgehead atoms. The molecule has 0 aliphatic heterocycles. The van der Waals surface area contributed by atoms with Crippen LogP contribution < -0.4 is 11.0 Å². The molecule has 172 valence electrons. The highest BCUT2D eigenvalue weighted by atomic mass is 16.3. The van der Waals surface area contributed by atoms with Gasteiger partial charge in [-0.3, -0.25) is 19.8 Å². The Morgan fingerprint density at radius 2 is 1.47 bits per heavy atom. The average molecular weight is 456 g/mol. The van der Waals surface area contributed by atoms with E-state index in [1.54, 1.807) is 31.2 Å². The molecule has 4 aromatic rings. The molecule has 7 heteroatoms. The summed E-state index contributed by atoms with van der Waals surface area (Å²) in [6, 6.07) is 25.5. The minimum atomic E-state index is -0.840. The van der Waals surface area contributed by atoms with E-state index in [-0.39, 0.29) is 25.4 Å². The number of hydrogen-bond donors (Lipinski definition) is 2. The molecule has 1 aromatic heterocycles. The predicted octanol–water partition coefficient (Wildman–Crippen LogP) is 3.84. The molecule has 2 N–H and O–H groups in total. The smallest absolute Gasteiger partial charge is 0.279 e. The highest BCUT2D eigenvalue weighted by molar-refractivity contribution is 6.02. The zero-order chi connectivity index (χ0) is 24.1. The van der Waals surface area contributed by atoms with Gasteiger partial charge in [0, 0.05) is 11.8 Å². The van der Waals surface area contributed by atoms with Gasteiger partial charge in [0.2, 0.25) is 5.91 Å². The van der Waals surface area contributed by atoms with Crippen LogP contribution in [0.4, 0.5) is 0 Å². The predicted molar refractivity (Wildman–Crippen MR) is 130 cm³/mol. The molecule has 4 rings (SSSR count). The molecule has 0 saturated heterocycles. The van der Waals surface area contributed by atoms with Gasteiger partial charge in [-0.15, -0.1) is 0 Å². The molecule has 2 amide bonds. The van der Waals surface area contributed by atoms with E-state index >= 15 is 0 Å². The molecule has 0 radical (unpaired) electrons. The number of pyridine rings is 1. The first-order valence-corrected chi connectivity index (χ1v) is 11.0. The fraction of sp³-hybridized carbons (Fsp3) is 0.148. The molecule has 0 fully saturated rings. The van der Waals surface area contributed by atoms with Crippen LogP contribution in [0.25, 0.3) is 10.9 Å². The summed E-state index contributed by atoms with van der Waals surface area (Å²) in [6.45, 7) is 2.04. The number of aromatic nitrogens is 1. The van der Waals surface area contributed by atoms with Crippen LogP contribution in [0.2, 0.25) is 0 Å². The van der Waals surface area contributed by atoms with Crippen LogP contribution in [0.1, 0.15) is 34.8 Å². The summed E-state index contributed by atoms with van der Waals surface area (Å²) in [4.78, 5) is 39.3. The fourth-order valence-electron chi connectivity index (χ4n) is 3.84. The summed E-state index contributed by atoms with van der Waals surface area (Å²) >= 11 is 0. The van der Waals surface area contributed by atoms with Gasteiger partial charge in [0.1, 0.15) is 11.3 Å². The number of nitrogens with zero attached hydrogens (tertiary/aromatic N) is 2. The number of hydrazine groups is 1. The van der Waals surface area contributed by atoms with Crippen molar-refractivity contribution in [3.63, 3.8) is 0 Å². The number of aromatic hydroxyl groups is 1. The Labute approximate surface area is 196 Å². The summed E-state index contributed by atoms with van der Waals surface area (Å²) in [5.41, 5.74) is 3.70. The summed E-state index contributed by atoms with van der Waals surface area (Å²) in [7, 11) is 0. The van der Waals surface area contributed by atoms with Crippen molar-refractivity contribution >= 4 is 22.7 Å². The first-order valence-electron chi connectivity index (χ1n) is 11.0. The van der Waals surface area contributed by atoms with Crippen LogP contribution >= 0.6 is 0 Å². The van der Waals surface area contributed by atoms with Crippen molar-refractivity contribution in [2.45, 2.75) is 26.4 Å². The Kier molecular flexibility index (Phi) is 6.73. The van der Waals surface area contributed by atoms with Crippen molar-refractivity contribution in [3.8, 4) is 5.75 Å². The highest BCUT2D eigenvalue weighted by Gasteiger charge is 2.25. The second kappa shape index (κ2) is 10.0. The average Bonchev–Trinajstić information content (AvgIpc) is 2.87. The molecular weight excluding hydrogens is 430 g/mol. The molecule has 34 heavy (non-hydrogen) atoms. The number of carbonyl (C=O) groups is 2. The number of para-hydroxylation sites is 1. The Bertz CT molecular complexity index is 1380. The lowest BCUT2D eigenvalue weighted by molar-refractivity contribution is -0.134. The second-order valence-corrected chi connectivity index (χ2v) is 7.88. The van der Waals surface area contributed by atoms with Crippen LogP contribution in [-0.4, -0.2) is 26.5 Å². The van der Waals surface area contributed by atoms with Crippen molar-refractivity contribution in [1.29, 1.82) is 0 Å². The van der Waals surface area contributed by atoms with Gasteiger partial charge >= 0.3 is 0 Å². The van der Waals surface area contributed by atoms with Crippen LogP contribution in [0.15, 0.2) is 89.7 Å². The number of hydrogen-bond acceptors (Lipinski definition) is 4. The molecule has 0 spiro atoms. The topological polar surface area (TPSA) is 91.6 Å². The van der Waals surface area contributed by atoms with Crippen molar-refractivity contribution in [2.75, 3.05) is 0 Å². The normalized spacial score (nSPS) is 10.7. The fourth-order valence-corrected chi connectivity index (χ4v) is 3.84. The van der Waals surface area contributed by atoms with E-state index in [9.17, 15) is 19.5 Å². The SMILES string of the molecule is CCC(=O)N(Cc1ccccc1)NC(=O)c1c(O)c2ccccc2n(Cc2ccccc2)c1=O. The van der Waals surface area contributed by atoms with Crippen molar-refractivity contribution < 1.29 is 14.7 Å². The maximum absolute atomic E-state index is 13.5. The summed E-state index contributed by atoms with van der Waals surface area (Å²) < 4.78 is 1.46. The minimum Gasteiger partial charge on any atom is -0.506 e. The lowest BCUT2D eigenvalue weighted by atomic mass is 10.1. The van der Waals surface area contributed by atoms with Crippen LogP contribution in [-0.2, 0) is 17.9 Å². The number of rotatable bonds is 6. The van der Waals surface area contributed by atoms with E-state index in [2.05, 4.69) is 5.43 Å². The minimum absolute atomic E-state index is 0.131. The van der Waals surface area contributed by atoms with E-state index in [0.29, 0.717) is 10.9 Å². The van der Waals surface area contributed by atoms with Crippen LogP contribution in [0.5, 0.6) is 5.75 Å². The van der Waals surface area contributed by atoms with Gasteiger partial charge in [-0.1, -0.05) is 79.7 Å². The van der Waals surface area contributed by atoms with Gasteiger partial charge in [-0.05, 0) is 23.3 Å². The van der Waals surface area contributed by atoms with Crippen molar-refractivity contribution in [2.24, 2.45) is 0 Å². The highest BCUT2D eigenvalue weighted by Crippen LogP contribution is 2.27. The number of benzene rings is 3. The zero-order valence-electron chi connectivity index (χ0n) is 18.8. The number of nitrogens with one attached hydrogen (secondary N) is 1. The standard InChI is InChI=1S/C27H25N3O4/c1-2-23(31)30(18-20-13-7-4-8-14-20)28-26(33)24-25(32)21-15-9-10-16-22(21)29(27(24)34)17-19-11-5-3-6-12-19/h3-16,32H,2,17-18H2,1H3,(H,28,33). The van der Waals surface area contributed by atoms with Gasteiger partial charge in [-0.2, -0.15) is 0 Å². The molecule has 0 aliphatic rings. The maximum Gasteiger partial charge on any atom is 0.279 e. The Balaban J connectivity index is 1.76. The van der Waals surface area contributed by atoms with Crippen LogP contribution in [0.3, 0.4) is 0 Å². The van der Waals surface area contributed by atoms with E-state index in [1.165, 1.54) is 9.58 Å². The third-order valence-electron chi connectivity index (χ3n) is 5.58. The van der Waals surface area contributed by atoms with Crippen LogP contribution in [0, 0.1) is 0 Å². The molecule has 0 unspecified atom stereocenters. The molecule has 0 atom stereocenters. The quantitative estimate of drug-likeness (QED) is 0.432. The maximum atomic E-state index is 13.5. The van der Waals surface area contributed by atoms with Gasteiger partial charge in [-0.25, -0.2) is 5.01 Å².